The van der Waals surface area contributed by atoms with Gasteiger partial charge in [-0.3, -0.25) is 4.79 Å². The molecule has 2 saturated heterocycles. The summed E-state index contributed by atoms with van der Waals surface area (Å²) in [5, 5.41) is 0.690. The van der Waals surface area contributed by atoms with E-state index in [0.29, 0.717) is 28.6 Å². The van der Waals surface area contributed by atoms with Crippen LogP contribution in [0.15, 0.2) is 18.2 Å². The van der Waals surface area contributed by atoms with Gasteiger partial charge in [0.25, 0.3) is 0 Å². The first kappa shape index (κ1) is 19.0. The van der Waals surface area contributed by atoms with E-state index >= 15 is 0 Å². The lowest BCUT2D eigenvalue weighted by Gasteiger charge is -2.33. The molecule has 2 aliphatic rings. The van der Waals surface area contributed by atoms with Crippen LogP contribution >= 0.6 is 23.2 Å². The van der Waals surface area contributed by atoms with Crippen molar-refractivity contribution >= 4 is 39.1 Å². The van der Waals surface area contributed by atoms with E-state index in [4.69, 9.17) is 23.2 Å². The van der Waals surface area contributed by atoms with Crippen LogP contribution in [0.5, 0.6) is 0 Å². The average Bonchev–Trinajstić information content (AvgIpc) is 3.12. The number of hydrogen-bond acceptors (Lipinski definition) is 3. The summed E-state index contributed by atoms with van der Waals surface area (Å²) >= 11 is 12.2. The molecule has 0 aromatic heterocycles. The summed E-state index contributed by atoms with van der Waals surface area (Å²) in [4.78, 5) is 14.5. The van der Waals surface area contributed by atoms with Gasteiger partial charge in [0.05, 0.1) is 11.7 Å². The summed E-state index contributed by atoms with van der Waals surface area (Å²) in [6, 6.07) is 4.95. The fraction of sp³-hybridized carbons (Fsp3) is 0.588. The van der Waals surface area contributed by atoms with E-state index in [9.17, 15) is 13.2 Å². The molecule has 138 valence electrons. The van der Waals surface area contributed by atoms with Crippen LogP contribution < -0.4 is 0 Å². The molecule has 2 fully saturated rings. The Morgan fingerprint density at radius 2 is 1.72 bits per heavy atom. The van der Waals surface area contributed by atoms with Crippen LogP contribution in [0.2, 0.25) is 10.0 Å². The van der Waals surface area contributed by atoms with E-state index in [-0.39, 0.29) is 24.1 Å². The molecule has 0 N–H and O–H groups in total. The fourth-order valence-electron chi connectivity index (χ4n) is 3.54. The van der Waals surface area contributed by atoms with Gasteiger partial charge in [0.15, 0.2) is 0 Å². The normalized spacial score (nSPS) is 22.3. The van der Waals surface area contributed by atoms with Crippen LogP contribution in [0, 0.1) is 5.92 Å². The summed E-state index contributed by atoms with van der Waals surface area (Å²) in [5.74, 6) is -0.396. The second-order valence-electron chi connectivity index (χ2n) is 6.69. The van der Waals surface area contributed by atoms with Crippen molar-refractivity contribution in [1.29, 1.82) is 0 Å². The third-order valence-corrected chi connectivity index (χ3v) is 7.41. The predicted octanol–water partition coefficient (Wildman–Crippen LogP) is 3.16. The quantitative estimate of drug-likeness (QED) is 0.773. The minimum Gasteiger partial charge on any atom is -0.342 e. The van der Waals surface area contributed by atoms with Gasteiger partial charge in [0.1, 0.15) is 0 Å². The van der Waals surface area contributed by atoms with Crippen molar-refractivity contribution in [3.8, 4) is 0 Å². The van der Waals surface area contributed by atoms with Crippen molar-refractivity contribution < 1.29 is 13.2 Å². The lowest BCUT2D eigenvalue weighted by atomic mass is 9.98. The molecule has 3 rings (SSSR count). The van der Waals surface area contributed by atoms with Gasteiger partial charge in [-0.1, -0.05) is 29.3 Å². The van der Waals surface area contributed by atoms with Gasteiger partial charge in [-0.25, -0.2) is 12.7 Å². The molecular weight excluding hydrogens is 383 g/mol. The topological polar surface area (TPSA) is 57.7 Å². The highest BCUT2D eigenvalue weighted by Gasteiger charge is 2.35. The molecule has 0 saturated carbocycles. The van der Waals surface area contributed by atoms with E-state index in [0.717, 1.165) is 32.4 Å². The molecule has 1 aromatic rings. The van der Waals surface area contributed by atoms with Crippen molar-refractivity contribution in [1.82, 2.24) is 9.21 Å². The average molecular weight is 405 g/mol. The van der Waals surface area contributed by atoms with E-state index in [1.807, 2.05) is 4.90 Å². The van der Waals surface area contributed by atoms with Gasteiger partial charge < -0.3 is 4.90 Å². The fourth-order valence-corrected chi connectivity index (χ4v) is 5.90. The third-order valence-electron chi connectivity index (χ3n) is 4.93. The number of sulfonamides is 1. The Kier molecular flexibility index (Phi) is 5.93. The number of amides is 1. The molecule has 0 bridgehead atoms. The van der Waals surface area contributed by atoms with Crippen LogP contribution in [0.4, 0.5) is 0 Å². The van der Waals surface area contributed by atoms with Gasteiger partial charge in [-0.2, -0.15) is 0 Å². The SMILES string of the molecule is O=C([C@@H]1CCCN(S(=O)(=O)Cc2c(Cl)cccc2Cl)C1)N1CCCC1. The molecule has 1 amide bonds. The molecule has 0 radical (unpaired) electrons. The molecule has 0 unspecified atom stereocenters. The zero-order valence-electron chi connectivity index (χ0n) is 14.0. The van der Waals surface area contributed by atoms with Gasteiger partial charge in [0.2, 0.25) is 15.9 Å². The number of benzene rings is 1. The largest absolute Gasteiger partial charge is 0.342 e. The van der Waals surface area contributed by atoms with Crippen LogP contribution in [0.3, 0.4) is 0 Å². The minimum absolute atomic E-state index is 0.0909. The Balaban J connectivity index is 1.72. The maximum atomic E-state index is 12.8. The Morgan fingerprint density at radius 3 is 2.36 bits per heavy atom. The zero-order chi connectivity index (χ0) is 18.0. The van der Waals surface area contributed by atoms with Crippen molar-refractivity contribution in [2.45, 2.75) is 31.4 Å². The van der Waals surface area contributed by atoms with Crippen molar-refractivity contribution in [3.05, 3.63) is 33.8 Å². The summed E-state index contributed by atoms with van der Waals surface area (Å²) < 4.78 is 27.1. The highest BCUT2D eigenvalue weighted by atomic mass is 35.5. The number of piperidine rings is 1. The zero-order valence-corrected chi connectivity index (χ0v) is 16.3. The van der Waals surface area contributed by atoms with Gasteiger partial charge in [-0.05, 0) is 37.8 Å². The summed E-state index contributed by atoms with van der Waals surface area (Å²) in [6.45, 7) is 2.27. The highest BCUT2D eigenvalue weighted by Crippen LogP contribution is 2.29. The molecule has 8 heteroatoms. The van der Waals surface area contributed by atoms with Crippen LogP contribution in [-0.2, 0) is 20.6 Å². The van der Waals surface area contributed by atoms with Crippen molar-refractivity contribution in [3.63, 3.8) is 0 Å². The van der Waals surface area contributed by atoms with Gasteiger partial charge in [0, 0.05) is 41.8 Å². The van der Waals surface area contributed by atoms with E-state index < -0.39 is 10.0 Å². The third kappa shape index (κ3) is 4.30. The monoisotopic (exact) mass is 404 g/mol. The number of likely N-dealkylation sites (tertiary alicyclic amines) is 1. The minimum atomic E-state index is -3.58. The number of halogens is 2. The summed E-state index contributed by atoms with van der Waals surface area (Å²) in [6.07, 6.45) is 3.50. The van der Waals surface area contributed by atoms with E-state index in [1.54, 1.807) is 18.2 Å². The number of rotatable bonds is 4. The van der Waals surface area contributed by atoms with Crippen molar-refractivity contribution in [2.75, 3.05) is 26.2 Å². The molecule has 2 aliphatic heterocycles. The molecule has 0 spiro atoms. The molecule has 25 heavy (non-hydrogen) atoms. The number of nitrogens with zero attached hydrogens (tertiary/aromatic N) is 2. The maximum Gasteiger partial charge on any atom is 0.227 e. The Hall–Kier alpha value is -0.820. The lowest BCUT2D eigenvalue weighted by molar-refractivity contribution is -0.135. The summed E-state index contributed by atoms with van der Waals surface area (Å²) in [7, 11) is -3.58. The first-order chi connectivity index (χ1) is 11.9. The van der Waals surface area contributed by atoms with Crippen LogP contribution in [0.1, 0.15) is 31.2 Å². The smallest absolute Gasteiger partial charge is 0.227 e. The van der Waals surface area contributed by atoms with E-state index in [2.05, 4.69) is 0 Å². The van der Waals surface area contributed by atoms with Gasteiger partial charge in [-0.15, -0.1) is 0 Å². The second kappa shape index (κ2) is 7.82. The lowest BCUT2D eigenvalue weighted by Crippen LogP contribution is -2.46. The van der Waals surface area contributed by atoms with Crippen molar-refractivity contribution in [2.24, 2.45) is 5.92 Å². The molecule has 0 aliphatic carbocycles. The number of hydrogen-bond donors (Lipinski definition) is 0. The van der Waals surface area contributed by atoms with Crippen LogP contribution in [-0.4, -0.2) is 49.7 Å². The number of carbonyl (C=O) groups is 1. The standard InChI is InChI=1S/C17H22Cl2N2O3S/c18-15-6-3-7-16(19)14(15)12-25(23,24)21-10-4-5-13(11-21)17(22)20-8-1-2-9-20/h3,6-7,13H,1-2,4-5,8-12H2/t13-/m1/s1. The first-order valence-corrected chi connectivity index (χ1v) is 10.9. The Morgan fingerprint density at radius 1 is 1.08 bits per heavy atom. The molecule has 1 atom stereocenters. The highest BCUT2D eigenvalue weighted by molar-refractivity contribution is 7.88. The molecular formula is C17H22Cl2N2O3S. The van der Waals surface area contributed by atoms with E-state index in [1.165, 1.54) is 4.31 Å². The second-order valence-corrected chi connectivity index (χ2v) is 9.47. The summed E-state index contributed by atoms with van der Waals surface area (Å²) in [5.41, 5.74) is 0.416. The Bertz CT molecular complexity index is 728. The predicted molar refractivity (Wildman–Crippen MR) is 99.2 cm³/mol. The number of carbonyl (C=O) groups excluding carboxylic acids is 1. The maximum absolute atomic E-state index is 12.8. The molecule has 2 heterocycles. The molecule has 5 nitrogen and oxygen atoms in total. The van der Waals surface area contributed by atoms with Gasteiger partial charge >= 0.3 is 0 Å². The Labute approximate surface area is 158 Å². The van der Waals surface area contributed by atoms with Crippen LogP contribution in [0.25, 0.3) is 0 Å². The first-order valence-electron chi connectivity index (χ1n) is 8.58. The molecule has 1 aromatic carbocycles.